The van der Waals surface area contributed by atoms with Crippen molar-refractivity contribution < 1.29 is 0 Å². The summed E-state index contributed by atoms with van der Waals surface area (Å²) in [5, 5.41) is 13.9. The summed E-state index contributed by atoms with van der Waals surface area (Å²) in [6, 6.07) is 0. The van der Waals surface area contributed by atoms with Crippen LogP contribution in [0.25, 0.3) is 9.88 Å². The third-order valence-electron chi connectivity index (χ3n) is 1.62. The lowest BCUT2D eigenvalue weighted by Crippen LogP contribution is -1.82. The van der Waals surface area contributed by atoms with Gasteiger partial charge in [0.15, 0.2) is 5.01 Å². The summed E-state index contributed by atoms with van der Waals surface area (Å²) in [6.07, 6.45) is 0.768. The molecule has 0 aliphatic carbocycles. The van der Waals surface area contributed by atoms with E-state index in [1.165, 1.54) is 11.5 Å². The highest BCUT2D eigenvalue weighted by molar-refractivity contribution is 7.19. The first-order valence-electron chi connectivity index (χ1n) is 3.99. The van der Waals surface area contributed by atoms with E-state index in [1.807, 2.05) is 6.92 Å². The number of hydrogen-bond acceptors (Lipinski definition) is 6. The second kappa shape index (κ2) is 4.29. The SMILES string of the molecule is Cc1nnsc1-c1nnc(CCCl)s1. The van der Waals surface area contributed by atoms with E-state index in [-0.39, 0.29) is 0 Å². The molecule has 0 radical (unpaired) electrons. The van der Waals surface area contributed by atoms with Crippen LogP contribution in [0, 0.1) is 6.92 Å². The van der Waals surface area contributed by atoms with Crippen LogP contribution >= 0.6 is 34.5 Å². The van der Waals surface area contributed by atoms with Gasteiger partial charge in [-0.3, -0.25) is 0 Å². The Morgan fingerprint density at radius 3 is 2.79 bits per heavy atom. The van der Waals surface area contributed by atoms with Crippen molar-refractivity contribution in [3.63, 3.8) is 0 Å². The Hall–Kier alpha value is -0.590. The van der Waals surface area contributed by atoms with Crippen molar-refractivity contribution >= 4 is 34.5 Å². The first-order chi connectivity index (χ1) is 6.81. The summed E-state index contributed by atoms with van der Waals surface area (Å²) in [7, 11) is 0. The Balaban J connectivity index is 2.29. The summed E-state index contributed by atoms with van der Waals surface area (Å²) in [5.41, 5.74) is 0.906. The van der Waals surface area contributed by atoms with E-state index in [0.717, 1.165) is 27.0 Å². The van der Waals surface area contributed by atoms with Crippen LogP contribution in [0.3, 0.4) is 0 Å². The maximum absolute atomic E-state index is 5.62. The fraction of sp³-hybridized carbons (Fsp3) is 0.429. The topological polar surface area (TPSA) is 51.6 Å². The van der Waals surface area contributed by atoms with Crippen molar-refractivity contribution in [3.8, 4) is 9.88 Å². The second-order valence-corrected chi connectivity index (χ2v) is 4.82. The molecule has 0 saturated heterocycles. The lowest BCUT2D eigenvalue weighted by Gasteiger charge is -1.86. The van der Waals surface area contributed by atoms with Crippen molar-refractivity contribution in [2.24, 2.45) is 0 Å². The molecule has 0 N–H and O–H groups in total. The number of rotatable bonds is 3. The van der Waals surface area contributed by atoms with Crippen LogP contribution in [0.4, 0.5) is 0 Å². The average Bonchev–Trinajstić information content (AvgIpc) is 2.74. The van der Waals surface area contributed by atoms with Crippen molar-refractivity contribution in [3.05, 3.63) is 10.7 Å². The van der Waals surface area contributed by atoms with E-state index < -0.39 is 0 Å². The Bertz CT molecular complexity index is 425. The Kier molecular flexibility index (Phi) is 3.05. The summed E-state index contributed by atoms with van der Waals surface area (Å²) in [6.45, 7) is 1.92. The van der Waals surface area contributed by atoms with E-state index in [2.05, 4.69) is 19.8 Å². The first kappa shape index (κ1) is 9.95. The van der Waals surface area contributed by atoms with Crippen molar-refractivity contribution in [2.75, 3.05) is 5.88 Å². The Morgan fingerprint density at radius 1 is 1.29 bits per heavy atom. The molecule has 0 fully saturated rings. The molecule has 2 heterocycles. The molecule has 0 spiro atoms. The minimum atomic E-state index is 0.578. The number of hydrogen-bond donors (Lipinski definition) is 0. The van der Waals surface area contributed by atoms with Gasteiger partial charge in [-0.05, 0) is 18.5 Å². The lowest BCUT2D eigenvalue weighted by molar-refractivity contribution is 0.989. The molecule has 0 unspecified atom stereocenters. The standard InChI is InChI=1S/C7H7ClN4S2/c1-4-6(14-12-9-4)7-11-10-5(13-7)2-3-8/h2-3H2,1H3. The molecule has 2 rings (SSSR count). The lowest BCUT2D eigenvalue weighted by atomic mass is 10.4. The molecule has 74 valence electrons. The molecule has 7 heteroatoms. The zero-order valence-corrected chi connectivity index (χ0v) is 9.79. The zero-order chi connectivity index (χ0) is 9.97. The normalized spacial score (nSPS) is 10.7. The van der Waals surface area contributed by atoms with Gasteiger partial charge in [-0.1, -0.05) is 15.8 Å². The third-order valence-corrected chi connectivity index (χ3v) is 3.77. The molecule has 14 heavy (non-hydrogen) atoms. The van der Waals surface area contributed by atoms with E-state index >= 15 is 0 Å². The van der Waals surface area contributed by atoms with Crippen LogP contribution in [0.1, 0.15) is 10.7 Å². The molecular formula is C7H7ClN4S2. The van der Waals surface area contributed by atoms with E-state index in [0.29, 0.717) is 5.88 Å². The maximum atomic E-state index is 5.62. The van der Waals surface area contributed by atoms with Gasteiger partial charge in [0.25, 0.3) is 0 Å². The number of alkyl halides is 1. The van der Waals surface area contributed by atoms with Crippen molar-refractivity contribution in [2.45, 2.75) is 13.3 Å². The van der Waals surface area contributed by atoms with Crippen LogP contribution < -0.4 is 0 Å². The molecule has 4 nitrogen and oxygen atoms in total. The van der Waals surface area contributed by atoms with Gasteiger partial charge in [0, 0.05) is 12.3 Å². The third kappa shape index (κ3) is 1.92. The first-order valence-corrected chi connectivity index (χ1v) is 6.11. The smallest absolute Gasteiger partial charge is 0.143 e. The molecule has 2 aromatic heterocycles. The molecular weight excluding hydrogens is 240 g/mol. The van der Waals surface area contributed by atoms with Gasteiger partial charge in [0.1, 0.15) is 9.88 Å². The van der Waals surface area contributed by atoms with E-state index in [4.69, 9.17) is 11.6 Å². The summed E-state index contributed by atoms with van der Waals surface area (Å²) >= 11 is 8.52. The molecule has 0 amide bonds. The summed E-state index contributed by atoms with van der Waals surface area (Å²) in [4.78, 5) is 1.00. The number of nitrogens with zero attached hydrogens (tertiary/aromatic N) is 4. The van der Waals surface area contributed by atoms with Gasteiger partial charge in [-0.25, -0.2) is 0 Å². The van der Waals surface area contributed by atoms with Gasteiger partial charge >= 0.3 is 0 Å². The van der Waals surface area contributed by atoms with Crippen LogP contribution in [-0.2, 0) is 6.42 Å². The molecule has 0 aliphatic heterocycles. The summed E-state index contributed by atoms with van der Waals surface area (Å²) in [5.74, 6) is 0.578. The quantitative estimate of drug-likeness (QED) is 0.779. The fourth-order valence-electron chi connectivity index (χ4n) is 0.955. The highest BCUT2D eigenvalue weighted by atomic mass is 35.5. The molecule has 0 bridgehead atoms. The highest BCUT2D eigenvalue weighted by Gasteiger charge is 2.11. The average molecular weight is 247 g/mol. The van der Waals surface area contributed by atoms with Gasteiger partial charge < -0.3 is 0 Å². The van der Waals surface area contributed by atoms with Gasteiger partial charge in [-0.15, -0.1) is 26.9 Å². The predicted molar refractivity (Wildman–Crippen MR) is 58.0 cm³/mol. The second-order valence-electron chi connectivity index (χ2n) is 2.63. The van der Waals surface area contributed by atoms with Gasteiger partial charge in [0.05, 0.1) is 5.69 Å². The summed E-state index contributed by atoms with van der Waals surface area (Å²) < 4.78 is 3.86. The fourth-order valence-corrected chi connectivity index (χ4v) is 2.85. The molecule has 2 aromatic rings. The maximum Gasteiger partial charge on any atom is 0.161 e. The van der Waals surface area contributed by atoms with Crippen LogP contribution in [0.15, 0.2) is 0 Å². The van der Waals surface area contributed by atoms with E-state index in [1.54, 1.807) is 11.3 Å². The Morgan fingerprint density at radius 2 is 2.14 bits per heavy atom. The highest BCUT2D eigenvalue weighted by Crippen LogP contribution is 2.28. The van der Waals surface area contributed by atoms with Crippen molar-refractivity contribution in [1.29, 1.82) is 0 Å². The number of halogens is 1. The number of aryl methyl sites for hydroxylation is 2. The van der Waals surface area contributed by atoms with Crippen LogP contribution in [0.2, 0.25) is 0 Å². The zero-order valence-electron chi connectivity index (χ0n) is 7.40. The predicted octanol–water partition coefficient (Wildman–Crippen LogP) is 2.15. The monoisotopic (exact) mass is 246 g/mol. The number of aromatic nitrogens is 4. The van der Waals surface area contributed by atoms with Crippen molar-refractivity contribution in [1.82, 2.24) is 19.8 Å². The molecule has 0 aromatic carbocycles. The Labute approximate surface area is 94.1 Å². The minimum Gasteiger partial charge on any atom is -0.143 e. The molecule has 0 saturated carbocycles. The minimum absolute atomic E-state index is 0.578. The molecule has 0 atom stereocenters. The molecule has 0 aliphatic rings. The van der Waals surface area contributed by atoms with E-state index in [9.17, 15) is 0 Å². The van der Waals surface area contributed by atoms with Gasteiger partial charge in [-0.2, -0.15) is 0 Å². The van der Waals surface area contributed by atoms with Crippen LogP contribution in [0.5, 0.6) is 0 Å². The van der Waals surface area contributed by atoms with Gasteiger partial charge in [0.2, 0.25) is 0 Å². The largest absolute Gasteiger partial charge is 0.161 e. The van der Waals surface area contributed by atoms with Crippen LogP contribution in [-0.4, -0.2) is 25.7 Å².